The number of hydrogen-bond acceptors (Lipinski definition) is 5. The second-order valence-electron chi connectivity index (χ2n) is 6.82. The zero-order valence-corrected chi connectivity index (χ0v) is 14.8. The van der Waals surface area contributed by atoms with Crippen molar-refractivity contribution in [2.24, 2.45) is 5.92 Å². The summed E-state index contributed by atoms with van der Waals surface area (Å²) in [5, 5.41) is 10.3. The lowest BCUT2D eigenvalue weighted by Gasteiger charge is -2.29. The fourth-order valence-electron chi connectivity index (χ4n) is 3.42. The first-order valence-corrected chi connectivity index (χ1v) is 8.96. The van der Waals surface area contributed by atoms with Gasteiger partial charge < -0.3 is 10.1 Å². The second-order valence-corrected chi connectivity index (χ2v) is 6.82. The molecular formula is C19H23N3O4. The highest BCUT2D eigenvalue weighted by atomic mass is 16.5. The molecule has 2 aromatic rings. The minimum atomic E-state index is -0.554. The third-order valence-electron chi connectivity index (χ3n) is 4.91. The maximum absolute atomic E-state index is 12.1. The molecule has 0 radical (unpaired) electrons. The highest BCUT2D eigenvalue weighted by Crippen LogP contribution is 2.23. The molecule has 3 rings (SSSR count). The van der Waals surface area contributed by atoms with Crippen LogP contribution in [0.25, 0.3) is 10.8 Å². The van der Waals surface area contributed by atoms with Crippen LogP contribution in [-0.4, -0.2) is 34.7 Å². The number of ether oxygens (including phenoxy) is 1. The van der Waals surface area contributed by atoms with Gasteiger partial charge in [-0.1, -0.05) is 38.0 Å². The third-order valence-corrected chi connectivity index (χ3v) is 4.91. The number of benzene rings is 1. The van der Waals surface area contributed by atoms with E-state index < -0.39 is 5.97 Å². The number of H-pyrrole nitrogens is 1. The molecule has 26 heavy (non-hydrogen) atoms. The van der Waals surface area contributed by atoms with Gasteiger partial charge in [0.2, 0.25) is 0 Å². The Kier molecular flexibility index (Phi) is 5.65. The number of nitrogens with zero attached hydrogens (tertiary/aromatic N) is 1. The fraction of sp³-hybridized carbons (Fsp3) is 0.474. The Morgan fingerprint density at radius 2 is 1.96 bits per heavy atom. The van der Waals surface area contributed by atoms with E-state index >= 15 is 0 Å². The Bertz CT molecular complexity index is 861. The van der Waals surface area contributed by atoms with E-state index in [1.807, 2.05) is 0 Å². The number of hydrogen-bond donors (Lipinski definition) is 2. The van der Waals surface area contributed by atoms with Gasteiger partial charge >= 0.3 is 5.97 Å². The summed E-state index contributed by atoms with van der Waals surface area (Å²) in [6.45, 7) is 1.83. The molecule has 0 spiro atoms. The molecule has 2 atom stereocenters. The van der Waals surface area contributed by atoms with Gasteiger partial charge in [-0.05, 0) is 24.8 Å². The van der Waals surface area contributed by atoms with Crippen LogP contribution in [0.15, 0.2) is 29.1 Å². The van der Waals surface area contributed by atoms with Crippen LogP contribution in [0.3, 0.4) is 0 Å². The minimum absolute atomic E-state index is 0.107. The molecular weight excluding hydrogens is 334 g/mol. The number of fused-ring (bicyclic) bond motifs is 1. The quantitative estimate of drug-likeness (QED) is 0.793. The van der Waals surface area contributed by atoms with E-state index in [1.165, 1.54) is 6.42 Å². The van der Waals surface area contributed by atoms with Crippen LogP contribution in [0.4, 0.5) is 0 Å². The van der Waals surface area contributed by atoms with E-state index in [0.717, 1.165) is 19.3 Å². The lowest BCUT2D eigenvalue weighted by Crippen LogP contribution is -2.43. The van der Waals surface area contributed by atoms with Crippen molar-refractivity contribution in [3.8, 4) is 0 Å². The van der Waals surface area contributed by atoms with E-state index in [-0.39, 0.29) is 30.5 Å². The average molecular weight is 357 g/mol. The summed E-state index contributed by atoms with van der Waals surface area (Å²) >= 11 is 0. The highest BCUT2D eigenvalue weighted by Gasteiger charge is 2.23. The first-order chi connectivity index (χ1) is 12.5. The monoisotopic (exact) mass is 357 g/mol. The minimum Gasteiger partial charge on any atom is -0.455 e. The molecule has 1 amide bonds. The lowest BCUT2D eigenvalue weighted by atomic mass is 9.86. The maximum Gasteiger partial charge on any atom is 0.312 e. The molecule has 0 saturated heterocycles. The van der Waals surface area contributed by atoms with Crippen molar-refractivity contribution >= 4 is 22.6 Å². The number of esters is 1. The molecule has 1 aliphatic carbocycles. The van der Waals surface area contributed by atoms with Crippen LogP contribution in [0.1, 0.15) is 38.3 Å². The standard InChI is InChI=1S/C19H23N3O4/c1-12-6-2-5-9-15(12)20-17(23)11-26-18(24)10-16-13-7-3-4-8-14(13)19(25)22-21-16/h3-4,7-8,12,15H,2,5-6,9-11H2,1H3,(H,20,23)(H,22,25)/t12-,15-/m0/s1. The normalized spacial score (nSPS) is 19.9. The lowest BCUT2D eigenvalue weighted by molar-refractivity contribution is -0.148. The molecule has 7 nitrogen and oxygen atoms in total. The predicted octanol–water partition coefficient (Wildman–Crippen LogP) is 1.70. The second kappa shape index (κ2) is 8.12. The fourth-order valence-corrected chi connectivity index (χ4v) is 3.42. The summed E-state index contributed by atoms with van der Waals surface area (Å²) in [5.41, 5.74) is 0.116. The Labute approximate surface area is 151 Å². The Morgan fingerprint density at radius 3 is 2.73 bits per heavy atom. The molecule has 138 valence electrons. The van der Waals surface area contributed by atoms with Gasteiger partial charge in [0, 0.05) is 11.4 Å². The number of carbonyl (C=O) groups excluding carboxylic acids is 2. The number of nitrogens with one attached hydrogen (secondary N) is 2. The van der Waals surface area contributed by atoms with Gasteiger partial charge in [-0.25, -0.2) is 5.10 Å². The number of amides is 1. The summed E-state index contributed by atoms with van der Waals surface area (Å²) in [5.74, 6) is -0.391. The molecule has 1 aromatic carbocycles. The van der Waals surface area contributed by atoms with Crippen molar-refractivity contribution in [2.45, 2.75) is 45.1 Å². The molecule has 7 heteroatoms. The number of aromatic nitrogens is 2. The first kappa shape index (κ1) is 18.1. The maximum atomic E-state index is 12.1. The SMILES string of the molecule is C[C@H]1CCCC[C@@H]1NC(=O)COC(=O)Cc1n[nH]c(=O)c2ccccc12. The van der Waals surface area contributed by atoms with Gasteiger partial charge in [-0.15, -0.1) is 0 Å². The van der Waals surface area contributed by atoms with E-state index in [4.69, 9.17) is 4.74 Å². The van der Waals surface area contributed by atoms with E-state index in [0.29, 0.717) is 22.4 Å². The van der Waals surface area contributed by atoms with Gasteiger partial charge in [0.1, 0.15) is 0 Å². The Hall–Kier alpha value is -2.70. The molecule has 1 fully saturated rings. The highest BCUT2D eigenvalue weighted by molar-refractivity contribution is 5.87. The average Bonchev–Trinajstić information content (AvgIpc) is 2.64. The van der Waals surface area contributed by atoms with Crippen molar-refractivity contribution in [2.75, 3.05) is 6.61 Å². The van der Waals surface area contributed by atoms with Crippen LogP contribution in [-0.2, 0) is 20.7 Å². The largest absolute Gasteiger partial charge is 0.455 e. The van der Waals surface area contributed by atoms with Crippen molar-refractivity contribution < 1.29 is 14.3 Å². The smallest absolute Gasteiger partial charge is 0.312 e. The number of aromatic amines is 1. The van der Waals surface area contributed by atoms with Crippen molar-refractivity contribution in [1.29, 1.82) is 0 Å². The van der Waals surface area contributed by atoms with E-state index in [1.54, 1.807) is 24.3 Å². The molecule has 1 saturated carbocycles. The van der Waals surface area contributed by atoms with Crippen LogP contribution in [0, 0.1) is 5.92 Å². The zero-order chi connectivity index (χ0) is 18.5. The van der Waals surface area contributed by atoms with Crippen LogP contribution in [0.2, 0.25) is 0 Å². The molecule has 1 aromatic heterocycles. The molecule has 1 aliphatic rings. The van der Waals surface area contributed by atoms with Gasteiger partial charge in [-0.2, -0.15) is 5.10 Å². The summed E-state index contributed by atoms with van der Waals surface area (Å²) in [4.78, 5) is 35.8. The molecule has 0 unspecified atom stereocenters. The van der Waals surface area contributed by atoms with Crippen LogP contribution >= 0.6 is 0 Å². The Morgan fingerprint density at radius 1 is 1.23 bits per heavy atom. The van der Waals surface area contributed by atoms with Crippen LogP contribution < -0.4 is 10.9 Å². The third kappa shape index (κ3) is 4.28. The van der Waals surface area contributed by atoms with E-state index in [2.05, 4.69) is 22.4 Å². The number of carbonyl (C=O) groups is 2. The van der Waals surface area contributed by atoms with Gasteiger partial charge in [0.15, 0.2) is 6.61 Å². The van der Waals surface area contributed by atoms with Crippen molar-refractivity contribution in [3.05, 3.63) is 40.3 Å². The van der Waals surface area contributed by atoms with Crippen LogP contribution in [0.5, 0.6) is 0 Å². The predicted molar refractivity (Wildman–Crippen MR) is 96.6 cm³/mol. The van der Waals surface area contributed by atoms with Gasteiger partial charge in [0.05, 0.1) is 17.5 Å². The summed E-state index contributed by atoms with van der Waals surface area (Å²) in [6.07, 6.45) is 4.27. The van der Waals surface area contributed by atoms with Crippen molar-refractivity contribution in [3.63, 3.8) is 0 Å². The van der Waals surface area contributed by atoms with Gasteiger partial charge in [-0.3, -0.25) is 14.4 Å². The molecule has 2 N–H and O–H groups in total. The van der Waals surface area contributed by atoms with Gasteiger partial charge in [0.25, 0.3) is 11.5 Å². The summed E-state index contributed by atoms with van der Waals surface area (Å²) in [7, 11) is 0. The topological polar surface area (TPSA) is 101 Å². The molecule has 1 heterocycles. The van der Waals surface area contributed by atoms with Crippen molar-refractivity contribution in [1.82, 2.24) is 15.5 Å². The zero-order valence-electron chi connectivity index (χ0n) is 14.8. The van der Waals surface area contributed by atoms with E-state index in [9.17, 15) is 14.4 Å². The summed E-state index contributed by atoms with van der Waals surface area (Å²) in [6, 6.07) is 7.08. The number of rotatable bonds is 5. The Balaban J connectivity index is 1.55. The summed E-state index contributed by atoms with van der Waals surface area (Å²) < 4.78 is 5.08. The first-order valence-electron chi connectivity index (χ1n) is 8.96. The molecule has 0 aliphatic heterocycles. The molecule has 0 bridgehead atoms.